The number of hydrogen-bond acceptors (Lipinski definition) is 6. The number of anilines is 1. The van der Waals surface area contributed by atoms with Gasteiger partial charge in [-0.3, -0.25) is 4.72 Å². The van der Waals surface area contributed by atoms with E-state index in [-0.39, 0.29) is 5.09 Å². The number of hydrogen-bond donors (Lipinski definition) is 1. The predicted octanol–water partition coefficient (Wildman–Crippen LogP) is 2.26. The van der Waals surface area contributed by atoms with E-state index in [0.29, 0.717) is 29.5 Å². The number of pyridine rings is 1. The van der Waals surface area contributed by atoms with Crippen molar-refractivity contribution in [2.45, 2.75) is 5.09 Å². The van der Waals surface area contributed by atoms with Crippen molar-refractivity contribution in [2.75, 3.05) is 25.0 Å². The molecule has 0 aliphatic rings. The lowest BCUT2D eigenvalue weighted by Gasteiger charge is -2.07. The molecule has 0 fully saturated rings. The molecule has 1 N–H and O–H groups in total. The molecule has 0 aromatic carbocycles. The van der Waals surface area contributed by atoms with Crippen LogP contribution in [-0.4, -0.2) is 33.7 Å². The average Bonchev–Trinajstić information content (AvgIpc) is 2.88. The number of furan rings is 1. The minimum Gasteiger partial charge on any atom is -0.475 e. The summed E-state index contributed by atoms with van der Waals surface area (Å²) < 4.78 is 41.9. The Morgan fingerprint density at radius 2 is 2.10 bits per heavy atom. The first-order valence-electron chi connectivity index (χ1n) is 5.87. The molecule has 0 atom stereocenters. The van der Waals surface area contributed by atoms with Crippen LogP contribution in [0.5, 0.6) is 5.88 Å². The summed E-state index contributed by atoms with van der Waals surface area (Å²) in [6, 6.07) is 5.96. The lowest BCUT2D eigenvalue weighted by molar-refractivity contribution is 0.144. The fraction of sp³-hybridized carbons (Fsp3) is 0.250. The van der Waals surface area contributed by atoms with Crippen LogP contribution in [-0.2, 0) is 14.8 Å². The molecule has 0 bridgehead atoms. The number of aromatic nitrogens is 1. The van der Waals surface area contributed by atoms with E-state index < -0.39 is 10.0 Å². The van der Waals surface area contributed by atoms with E-state index in [0.717, 1.165) is 0 Å². The maximum Gasteiger partial charge on any atom is 0.295 e. The maximum absolute atomic E-state index is 12.0. The van der Waals surface area contributed by atoms with Crippen molar-refractivity contribution >= 4 is 31.6 Å². The average molecular weight is 377 g/mol. The van der Waals surface area contributed by atoms with Gasteiger partial charge in [0.2, 0.25) is 11.0 Å². The van der Waals surface area contributed by atoms with Crippen LogP contribution in [0.4, 0.5) is 5.69 Å². The van der Waals surface area contributed by atoms with E-state index in [1.54, 1.807) is 19.2 Å². The first-order valence-corrected chi connectivity index (χ1v) is 8.15. The Kier molecular flexibility index (Phi) is 5.21. The normalized spacial score (nSPS) is 11.3. The van der Waals surface area contributed by atoms with Crippen LogP contribution in [0, 0.1) is 0 Å². The van der Waals surface area contributed by atoms with Crippen molar-refractivity contribution in [3.05, 3.63) is 35.1 Å². The molecule has 7 nitrogen and oxygen atoms in total. The molecule has 2 aromatic rings. The standard InChI is InChI=1S/C12H13BrN2O5S/c1-18-6-7-19-11-4-2-9(8-14-11)15-21(16,17)12-5-3-10(13)20-12/h2-5,8,15H,6-7H2,1H3. The number of sulfonamides is 1. The van der Waals surface area contributed by atoms with Crippen LogP contribution in [0.2, 0.25) is 0 Å². The Hall–Kier alpha value is -1.58. The quantitative estimate of drug-likeness (QED) is 0.745. The number of nitrogens with one attached hydrogen (secondary N) is 1. The molecular weight excluding hydrogens is 364 g/mol. The van der Waals surface area contributed by atoms with Gasteiger partial charge in [-0.2, -0.15) is 8.42 Å². The molecule has 0 aliphatic carbocycles. The van der Waals surface area contributed by atoms with E-state index in [2.05, 4.69) is 25.6 Å². The maximum atomic E-state index is 12.0. The Labute approximate surface area is 130 Å². The van der Waals surface area contributed by atoms with E-state index >= 15 is 0 Å². The molecule has 2 aromatic heterocycles. The van der Waals surface area contributed by atoms with Crippen molar-refractivity contribution in [1.29, 1.82) is 0 Å². The summed E-state index contributed by atoms with van der Waals surface area (Å²) in [6.07, 6.45) is 1.36. The van der Waals surface area contributed by atoms with Gasteiger partial charge in [0, 0.05) is 13.2 Å². The van der Waals surface area contributed by atoms with E-state index in [1.807, 2.05) is 0 Å². The van der Waals surface area contributed by atoms with Crippen molar-refractivity contribution in [1.82, 2.24) is 4.98 Å². The largest absolute Gasteiger partial charge is 0.475 e. The van der Waals surface area contributed by atoms with Gasteiger partial charge in [-0.05, 0) is 34.1 Å². The molecule has 114 valence electrons. The SMILES string of the molecule is COCCOc1ccc(NS(=O)(=O)c2ccc(Br)o2)cn1. The van der Waals surface area contributed by atoms with E-state index in [1.165, 1.54) is 18.3 Å². The van der Waals surface area contributed by atoms with Crippen molar-refractivity contribution in [3.8, 4) is 5.88 Å². The Balaban J connectivity index is 2.03. The summed E-state index contributed by atoms with van der Waals surface area (Å²) in [5.41, 5.74) is 0.307. The molecule has 0 unspecified atom stereocenters. The van der Waals surface area contributed by atoms with Crippen LogP contribution in [0.25, 0.3) is 0 Å². The summed E-state index contributed by atoms with van der Waals surface area (Å²) in [4.78, 5) is 3.99. The molecular formula is C12H13BrN2O5S. The molecule has 21 heavy (non-hydrogen) atoms. The minimum atomic E-state index is -3.77. The predicted molar refractivity (Wildman–Crippen MR) is 78.8 cm³/mol. The number of rotatable bonds is 7. The van der Waals surface area contributed by atoms with E-state index in [4.69, 9.17) is 13.9 Å². The summed E-state index contributed by atoms with van der Waals surface area (Å²) >= 11 is 3.05. The Morgan fingerprint density at radius 3 is 2.67 bits per heavy atom. The third-order valence-electron chi connectivity index (χ3n) is 2.34. The number of nitrogens with zero attached hydrogens (tertiary/aromatic N) is 1. The van der Waals surface area contributed by atoms with Crippen LogP contribution in [0.1, 0.15) is 0 Å². The van der Waals surface area contributed by atoms with Gasteiger partial charge in [-0.25, -0.2) is 4.98 Å². The van der Waals surface area contributed by atoms with Gasteiger partial charge in [0.25, 0.3) is 10.0 Å². The zero-order valence-corrected chi connectivity index (χ0v) is 13.5. The highest BCUT2D eigenvalue weighted by atomic mass is 79.9. The highest BCUT2D eigenvalue weighted by Crippen LogP contribution is 2.21. The molecule has 2 heterocycles. The number of ether oxygens (including phenoxy) is 2. The molecule has 0 saturated carbocycles. The Bertz CT molecular complexity index is 684. The summed E-state index contributed by atoms with van der Waals surface area (Å²) in [7, 11) is -2.20. The first-order chi connectivity index (χ1) is 10.0. The third kappa shape index (κ3) is 4.45. The lowest BCUT2D eigenvalue weighted by Crippen LogP contribution is -2.12. The van der Waals surface area contributed by atoms with Gasteiger partial charge in [-0.15, -0.1) is 0 Å². The fourth-order valence-corrected chi connectivity index (χ4v) is 2.80. The monoisotopic (exact) mass is 376 g/mol. The molecule has 0 saturated heterocycles. The van der Waals surface area contributed by atoms with Crippen molar-refractivity contribution in [3.63, 3.8) is 0 Å². The van der Waals surface area contributed by atoms with Gasteiger partial charge >= 0.3 is 0 Å². The molecule has 0 spiro atoms. The van der Waals surface area contributed by atoms with Crippen LogP contribution in [0.3, 0.4) is 0 Å². The lowest BCUT2D eigenvalue weighted by atomic mass is 10.4. The highest BCUT2D eigenvalue weighted by Gasteiger charge is 2.18. The van der Waals surface area contributed by atoms with Crippen molar-refractivity contribution in [2.24, 2.45) is 0 Å². The number of methoxy groups -OCH3 is 1. The summed E-state index contributed by atoms with van der Waals surface area (Å²) in [5, 5.41) is -0.185. The van der Waals surface area contributed by atoms with Gasteiger partial charge in [0.1, 0.15) is 6.61 Å². The fourth-order valence-electron chi connectivity index (χ4n) is 1.40. The summed E-state index contributed by atoms with van der Waals surface area (Å²) in [6.45, 7) is 0.818. The van der Waals surface area contributed by atoms with Gasteiger partial charge < -0.3 is 13.9 Å². The van der Waals surface area contributed by atoms with E-state index in [9.17, 15) is 8.42 Å². The molecule has 9 heteroatoms. The van der Waals surface area contributed by atoms with Gasteiger partial charge in [0.15, 0.2) is 4.67 Å². The molecule has 0 radical (unpaired) electrons. The van der Waals surface area contributed by atoms with Crippen molar-refractivity contribution < 1.29 is 22.3 Å². The second-order valence-electron chi connectivity index (χ2n) is 3.89. The molecule has 2 rings (SSSR count). The molecule has 0 amide bonds. The Morgan fingerprint density at radius 1 is 1.29 bits per heavy atom. The summed E-state index contributed by atoms with van der Waals surface area (Å²) in [5.74, 6) is 0.385. The second kappa shape index (κ2) is 6.92. The minimum absolute atomic E-state index is 0.185. The zero-order valence-electron chi connectivity index (χ0n) is 11.1. The number of halogens is 1. The van der Waals surface area contributed by atoms with Crippen LogP contribution < -0.4 is 9.46 Å². The van der Waals surface area contributed by atoms with Crippen LogP contribution >= 0.6 is 15.9 Å². The first kappa shape index (κ1) is 15.8. The van der Waals surface area contributed by atoms with Crippen LogP contribution in [0.15, 0.2) is 44.6 Å². The topological polar surface area (TPSA) is 90.7 Å². The third-order valence-corrected chi connectivity index (χ3v) is 4.02. The zero-order chi connectivity index (χ0) is 15.3. The second-order valence-corrected chi connectivity index (χ2v) is 6.29. The molecule has 0 aliphatic heterocycles. The van der Waals surface area contributed by atoms with Gasteiger partial charge in [0.05, 0.1) is 18.5 Å². The highest BCUT2D eigenvalue weighted by molar-refractivity contribution is 9.10. The van der Waals surface area contributed by atoms with Gasteiger partial charge in [-0.1, -0.05) is 0 Å². The smallest absolute Gasteiger partial charge is 0.295 e.